The van der Waals surface area contributed by atoms with Crippen LogP contribution in [-0.2, 0) is 18.2 Å². The van der Waals surface area contributed by atoms with Crippen molar-refractivity contribution in [2.75, 3.05) is 13.7 Å². The Labute approximate surface area is 97.0 Å². The first-order chi connectivity index (χ1) is 7.81. The summed E-state index contributed by atoms with van der Waals surface area (Å²) in [5.41, 5.74) is 0. The molecular formula is C12H21N3O. The fraction of sp³-hybridized carbons (Fsp3) is 0.750. The van der Waals surface area contributed by atoms with Gasteiger partial charge in [-0.3, -0.25) is 0 Å². The molecule has 1 aromatic heterocycles. The van der Waals surface area contributed by atoms with E-state index in [1.807, 2.05) is 26.5 Å². The topological polar surface area (TPSA) is 39.1 Å². The standard InChI is InChI=1S/C12H21N3O/c1-13-10(11-5-3-4-8-16-11)9-12-14-6-7-15(12)2/h6-7,10-11,13H,3-5,8-9H2,1-2H3. The fourth-order valence-electron chi connectivity index (χ4n) is 2.29. The van der Waals surface area contributed by atoms with Gasteiger partial charge in [-0.15, -0.1) is 0 Å². The first kappa shape index (κ1) is 11.6. The van der Waals surface area contributed by atoms with Crippen molar-refractivity contribution in [2.45, 2.75) is 37.8 Å². The van der Waals surface area contributed by atoms with Crippen LogP contribution in [0.4, 0.5) is 0 Å². The van der Waals surface area contributed by atoms with Crippen LogP contribution in [0.15, 0.2) is 12.4 Å². The van der Waals surface area contributed by atoms with E-state index in [-0.39, 0.29) is 0 Å². The summed E-state index contributed by atoms with van der Waals surface area (Å²) in [5.74, 6) is 1.12. The molecule has 0 aliphatic carbocycles. The number of hydrogen-bond acceptors (Lipinski definition) is 3. The molecule has 1 fully saturated rings. The highest BCUT2D eigenvalue weighted by molar-refractivity contribution is 4.96. The minimum atomic E-state index is 0.343. The van der Waals surface area contributed by atoms with Gasteiger partial charge >= 0.3 is 0 Å². The van der Waals surface area contributed by atoms with Crippen molar-refractivity contribution < 1.29 is 4.74 Å². The second-order valence-electron chi connectivity index (χ2n) is 4.46. The number of nitrogens with zero attached hydrogens (tertiary/aromatic N) is 2. The molecule has 2 rings (SSSR count). The van der Waals surface area contributed by atoms with E-state index >= 15 is 0 Å². The summed E-state index contributed by atoms with van der Waals surface area (Å²) in [5, 5.41) is 3.36. The molecule has 4 heteroatoms. The SMILES string of the molecule is CNC(Cc1nccn1C)C1CCCCO1. The van der Waals surface area contributed by atoms with Crippen molar-refractivity contribution in [3.05, 3.63) is 18.2 Å². The molecule has 16 heavy (non-hydrogen) atoms. The number of imidazole rings is 1. The summed E-state index contributed by atoms with van der Waals surface area (Å²) in [4.78, 5) is 4.37. The number of aryl methyl sites for hydroxylation is 1. The molecule has 0 saturated carbocycles. The zero-order chi connectivity index (χ0) is 11.4. The molecule has 2 unspecified atom stereocenters. The van der Waals surface area contributed by atoms with Crippen LogP contribution >= 0.6 is 0 Å². The summed E-state index contributed by atoms with van der Waals surface area (Å²) in [6, 6.07) is 0.376. The van der Waals surface area contributed by atoms with Gasteiger partial charge in [0.2, 0.25) is 0 Å². The third-order valence-corrected chi connectivity index (χ3v) is 3.36. The third-order valence-electron chi connectivity index (χ3n) is 3.36. The quantitative estimate of drug-likeness (QED) is 0.831. The molecule has 1 saturated heterocycles. The Morgan fingerprint density at radius 3 is 3.06 bits per heavy atom. The van der Waals surface area contributed by atoms with Crippen LogP contribution in [0.25, 0.3) is 0 Å². The maximum absolute atomic E-state index is 5.82. The Balaban J connectivity index is 1.97. The summed E-state index contributed by atoms with van der Waals surface area (Å²) in [6.07, 6.45) is 8.77. The van der Waals surface area contributed by atoms with E-state index < -0.39 is 0 Å². The predicted octanol–water partition coefficient (Wildman–Crippen LogP) is 1.12. The van der Waals surface area contributed by atoms with Crippen LogP contribution < -0.4 is 5.32 Å². The Bertz CT molecular complexity index is 318. The van der Waals surface area contributed by atoms with Crippen LogP contribution in [0.1, 0.15) is 25.1 Å². The molecule has 90 valence electrons. The molecule has 1 aliphatic heterocycles. The molecular weight excluding hydrogens is 202 g/mol. The normalized spacial score (nSPS) is 23.2. The molecule has 2 heterocycles. The van der Waals surface area contributed by atoms with E-state index in [0.717, 1.165) is 25.3 Å². The largest absolute Gasteiger partial charge is 0.377 e. The van der Waals surface area contributed by atoms with Crippen LogP contribution in [0, 0.1) is 0 Å². The highest BCUT2D eigenvalue weighted by atomic mass is 16.5. The minimum Gasteiger partial charge on any atom is -0.377 e. The van der Waals surface area contributed by atoms with Crippen molar-refractivity contribution in [1.82, 2.24) is 14.9 Å². The summed E-state index contributed by atoms with van der Waals surface area (Å²) >= 11 is 0. The third kappa shape index (κ3) is 2.62. The molecule has 1 N–H and O–H groups in total. The number of ether oxygens (including phenoxy) is 1. The van der Waals surface area contributed by atoms with E-state index in [9.17, 15) is 0 Å². The number of hydrogen-bond donors (Lipinski definition) is 1. The Morgan fingerprint density at radius 2 is 2.50 bits per heavy atom. The minimum absolute atomic E-state index is 0.343. The van der Waals surface area contributed by atoms with Crippen LogP contribution in [0.5, 0.6) is 0 Å². The van der Waals surface area contributed by atoms with Gasteiger partial charge in [-0.25, -0.2) is 4.98 Å². The Morgan fingerprint density at radius 1 is 1.62 bits per heavy atom. The van der Waals surface area contributed by atoms with Crippen molar-refractivity contribution in [3.63, 3.8) is 0 Å². The summed E-state index contributed by atoms with van der Waals surface area (Å²) in [6.45, 7) is 0.906. The van der Waals surface area contributed by atoms with Gasteiger partial charge in [-0.05, 0) is 26.3 Å². The average molecular weight is 223 g/mol. The molecule has 0 aromatic carbocycles. The number of nitrogens with one attached hydrogen (secondary N) is 1. The van der Waals surface area contributed by atoms with Gasteiger partial charge < -0.3 is 14.6 Å². The Hall–Kier alpha value is -0.870. The lowest BCUT2D eigenvalue weighted by molar-refractivity contribution is -0.00635. The van der Waals surface area contributed by atoms with Crippen molar-refractivity contribution in [2.24, 2.45) is 7.05 Å². The zero-order valence-electron chi connectivity index (χ0n) is 10.1. The molecule has 2 atom stereocenters. The average Bonchev–Trinajstić information content (AvgIpc) is 2.73. The lowest BCUT2D eigenvalue weighted by atomic mass is 9.99. The molecule has 0 spiro atoms. The van der Waals surface area contributed by atoms with Gasteiger partial charge in [-0.1, -0.05) is 0 Å². The second kappa shape index (κ2) is 5.46. The smallest absolute Gasteiger partial charge is 0.110 e. The number of rotatable bonds is 4. The van der Waals surface area contributed by atoms with E-state index in [1.165, 1.54) is 12.8 Å². The van der Waals surface area contributed by atoms with Crippen molar-refractivity contribution >= 4 is 0 Å². The van der Waals surface area contributed by atoms with Gasteiger partial charge in [0.15, 0.2) is 0 Å². The zero-order valence-corrected chi connectivity index (χ0v) is 10.1. The van der Waals surface area contributed by atoms with Gasteiger partial charge in [0.25, 0.3) is 0 Å². The van der Waals surface area contributed by atoms with Crippen LogP contribution in [0.2, 0.25) is 0 Å². The highest BCUT2D eigenvalue weighted by Crippen LogP contribution is 2.17. The number of likely N-dealkylation sites (N-methyl/N-ethyl adjacent to an activating group) is 1. The maximum Gasteiger partial charge on any atom is 0.110 e. The van der Waals surface area contributed by atoms with E-state index in [1.54, 1.807) is 0 Å². The van der Waals surface area contributed by atoms with Gasteiger partial charge in [0.1, 0.15) is 5.82 Å². The lowest BCUT2D eigenvalue weighted by Crippen LogP contribution is -2.43. The Kier molecular flexibility index (Phi) is 3.96. The first-order valence-electron chi connectivity index (χ1n) is 6.06. The van der Waals surface area contributed by atoms with Crippen LogP contribution in [-0.4, -0.2) is 35.4 Å². The second-order valence-corrected chi connectivity index (χ2v) is 4.46. The van der Waals surface area contributed by atoms with E-state index in [0.29, 0.717) is 12.1 Å². The molecule has 4 nitrogen and oxygen atoms in total. The molecule has 0 radical (unpaired) electrons. The summed E-state index contributed by atoms with van der Waals surface area (Å²) in [7, 11) is 4.04. The first-order valence-corrected chi connectivity index (χ1v) is 6.06. The lowest BCUT2D eigenvalue weighted by Gasteiger charge is -2.30. The van der Waals surface area contributed by atoms with Gasteiger partial charge in [-0.2, -0.15) is 0 Å². The maximum atomic E-state index is 5.82. The highest BCUT2D eigenvalue weighted by Gasteiger charge is 2.24. The molecule has 0 bridgehead atoms. The van der Waals surface area contributed by atoms with E-state index in [2.05, 4.69) is 14.9 Å². The van der Waals surface area contributed by atoms with E-state index in [4.69, 9.17) is 4.74 Å². The monoisotopic (exact) mass is 223 g/mol. The van der Waals surface area contributed by atoms with Crippen molar-refractivity contribution in [1.29, 1.82) is 0 Å². The number of aromatic nitrogens is 2. The predicted molar refractivity (Wildman–Crippen MR) is 63.4 cm³/mol. The molecule has 1 aromatic rings. The fourth-order valence-corrected chi connectivity index (χ4v) is 2.29. The molecule has 1 aliphatic rings. The van der Waals surface area contributed by atoms with Crippen molar-refractivity contribution in [3.8, 4) is 0 Å². The van der Waals surface area contributed by atoms with Gasteiger partial charge in [0, 0.05) is 38.5 Å². The van der Waals surface area contributed by atoms with Gasteiger partial charge in [0.05, 0.1) is 6.10 Å². The van der Waals surface area contributed by atoms with Crippen LogP contribution in [0.3, 0.4) is 0 Å². The molecule has 0 amide bonds. The summed E-state index contributed by atoms with van der Waals surface area (Å²) < 4.78 is 7.90.